The molecule has 0 N–H and O–H groups in total. The molecule has 0 bridgehead atoms. The van der Waals surface area contributed by atoms with E-state index in [1.807, 2.05) is 17.0 Å². The molecule has 4 nitrogen and oxygen atoms in total. The Labute approximate surface area is 180 Å². The van der Waals surface area contributed by atoms with E-state index in [1.165, 1.54) is 16.3 Å². The number of rotatable bonds is 4. The average Bonchev–Trinajstić information content (AvgIpc) is 3.18. The molecule has 1 amide bonds. The van der Waals surface area contributed by atoms with Crippen LogP contribution in [0, 0.1) is 6.92 Å². The van der Waals surface area contributed by atoms with Crippen LogP contribution in [0.4, 0.5) is 0 Å². The molecule has 152 valence electrons. The summed E-state index contributed by atoms with van der Waals surface area (Å²) in [6, 6.07) is 20.8. The van der Waals surface area contributed by atoms with Gasteiger partial charge in [-0.25, -0.2) is 4.98 Å². The molecule has 3 aromatic carbocycles. The summed E-state index contributed by atoms with van der Waals surface area (Å²) in [6.07, 6.45) is 2.26. The standard InChI is InChI=1S/C25H24N2O2S/c1-17-5-4-8-22-24(17)26-25(30-22)29-21-11-13-27(14-12-21)23(28)16-18-9-10-19-6-2-3-7-20(19)15-18/h2-10,15,21H,11-14,16H2,1H3. The van der Waals surface area contributed by atoms with Crippen LogP contribution in [-0.2, 0) is 11.2 Å². The van der Waals surface area contributed by atoms with Crippen molar-refractivity contribution >= 4 is 38.2 Å². The fraction of sp³-hybridized carbons (Fsp3) is 0.280. The molecule has 0 saturated carbocycles. The van der Waals surface area contributed by atoms with Gasteiger partial charge in [0, 0.05) is 25.9 Å². The minimum Gasteiger partial charge on any atom is -0.467 e. The van der Waals surface area contributed by atoms with Crippen molar-refractivity contribution in [3.8, 4) is 5.19 Å². The highest BCUT2D eigenvalue weighted by molar-refractivity contribution is 7.20. The van der Waals surface area contributed by atoms with Crippen LogP contribution in [0.25, 0.3) is 21.0 Å². The Balaban J connectivity index is 1.18. The number of amides is 1. The predicted molar refractivity (Wildman–Crippen MR) is 122 cm³/mol. The summed E-state index contributed by atoms with van der Waals surface area (Å²) in [5.41, 5.74) is 3.27. The number of aromatic nitrogens is 1. The Hall–Kier alpha value is -2.92. The molecule has 0 spiro atoms. The van der Waals surface area contributed by atoms with Crippen molar-refractivity contribution in [2.75, 3.05) is 13.1 Å². The molecule has 0 unspecified atom stereocenters. The van der Waals surface area contributed by atoms with Gasteiger partial charge < -0.3 is 9.64 Å². The Morgan fingerprint density at radius 1 is 1.07 bits per heavy atom. The second kappa shape index (κ2) is 8.07. The maximum atomic E-state index is 12.8. The normalized spacial score (nSPS) is 15.0. The number of fused-ring (bicyclic) bond motifs is 2. The average molecular weight is 417 g/mol. The van der Waals surface area contributed by atoms with Gasteiger partial charge in [0.1, 0.15) is 6.10 Å². The lowest BCUT2D eigenvalue weighted by atomic mass is 10.0. The minimum absolute atomic E-state index is 0.121. The number of ether oxygens (including phenoxy) is 1. The third-order valence-corrected chi connectivity index (χ3v) is 6.74. The van der Waals surface area contributed by atoms with Gasteiger partial charge in [-0.05, 0) is 34.9 Å². The largest absolute Gasteiger partial charge is 0.467 e. The van der Waals surface area contributed by atoms with Crippen LogP contribution in [0.3, 0.4) is 0 Å². The topological polar surface area (TPSA) is 42.4 Å². The van der Waals surface area contributed by atoms with Crippen LogP contribution >= 0.6 is 11.3 Å². The van der Waals surface area contributed by atoms with Crippen molar-refractivity contribution in [2.45, 2.75) is 32.3 Å². The van der Waals surface area contributed by atoms with Gasteiger partial charge in [0.2, 0.25) is 5.91 Å². The van der Waals surface area contributed by atoms with Crippen molar-refractivity contribution in [3.63, 3.8) is 0 Å². The van der Waals surface area contributed by atoms with E-state index in [0.717, 1.165) is 46.9 Å². The van der Waals surface area contributed by atoms with Crippen LogP contribution in [0.1, 0.15) is 24.0 Å². The monoisotopic (exact) mass is 416 g/mol. The summed E-state index contributed by atoms with van der Waals surface area (Å²) in [4.78, 5) is 19.4. The molecule has 1 saturated heterocycles. The van der Waals surface area contributed by atoms with Gasteiger partial charge in [-0.3, -0.25) is 4.79 Å². The number of nitrogens with zero attached hydrogens (tertiary/aromatic N) is 2. The van der Waals surface area contributed by atoms with Crippen molar-refractivity contribution in [3.05, 3.63) is 71.8 Å². The van der Waals surface area contributed by atoms with E-state index in [1.54, 1.807) is 11.3 Å². The van der Waals surface area contributed by atoms with E-state index in [0.29, 0.717) is 6.42 Å². The number of piperidine rings is 1. The fourth-order valence-electron chi connectivity index (χ4n) is 4.12. The van der Waals surface area contributed by atoms with Crippen molar-refractivity contribution in [1.29, 1.82) is 0 Å². The van der Waals surface area contributed by atoms with Crippen molar-refractivity contribution in [1.82, 2.24) is 9.88 Å². The molecule has 1 aromatic heterocycles. The van der Waals surface area contributed by atoms with E-state index in [-0.39, 0.29) is 12.0 Å². The highest BCUT2D eigenvalue weighted by atomic mass is 32.1. The van der Waals surface area contributed by atoms with Gasteiger partial charge in [0.15, 0.2) is 0 Å². The minimum atomic E-state index is 0.121. The van der Waals surface area contributed by atoms with Gasteiger partial charge in [-0.15, -0.1) is 0 Å². The Morgan fingerprint density at radius 3 is 2.67 bits per heavy atom. The number of benzene rings is 3. The number of thiazole rings is 1. The second-order valence-electron chi connectivity index (χ2n) is 7.96. The Morgan fingerprint density at radius 2 is 1.87 bits per heavy atom. The zero-order valence-electron chi connectivity index (χ0n) is 17.0. The van der Waals surface area contributed by atoms with Crippen LogP contribution < -0.4 is 4.74 Å². The first-order valence-corrected chi connectivity index (χ1v) is 11.3. The lowest BCUT2D eigenvalue weighted by Crippen LogP contribution is -2.42. The molecule has 5 rings (SSSR count). The Bertz CT molecular complexity index is 1210. The van der Waals surface area contributed by atoms with Gasteiger partial charge in [0.05, 0.1) is 16.6 Å². The SMILES string of the molecule is Cc1cccc2sc(OC3CCN(C(=O)Cc4ccc5ccccc5c4)CC3)nc12. The molecule has 0 atom stereocenters. The van der Waals surface area contributed by atoms with Gasteiger partial charge >= 0.3 is 0 Å². The van der Waals surface area contributed by atoms with E-state index < -0.39 is 0 Å². The third kappa shape index (κ3) is 3.90. The lowest BCUT2D eigenvalue weighted by Gasteiger charge is -2.31. The molecule has 4 aromatic rings. The summed E-state index contributed by atoms with van der Waals surface area (Å²) < 4.78 is 7.32. The maximum Gasteiger partial charge on any atom is 0.274 e. The molecule has 1 aliphatic rings. The van der Waals surface area contributed by atoms with Gasteiger partial charge in [-0.2, -0.15) is 0 Å². The van der Waals surface area contributed by atoms with Crippen molar-refractivity contribution < 1.29 is 9.53 Å². The van der Waals surface area contributed by atoms with Crippen LogP contribution in [-0.4, -0.2) is 35.0 Å². The third-order valence-electron chi connectivity index (χ3n) is 5.83. The number of likely N-dealkylation sites (tertiary alicyclic amines) is 1. The maximum absolute atomic E-state index is 12.8. The number of para-hydroxylation sites is 1. The number of hydrogen-bond acceptors (Lipinski definition) is 4. The molecule has 0 aliphatic carbocycles. The molecule has 5 heteroatoms. The van der Waals surface area contributed by atoms with Crippen LogP contribution in [0.2, 0.25) is 0 Å². The quantitative estimate of drug-likeness (QED) is 0.449. The summed E-state index contributed by atoms with van der Waals surface area (Å²) >= 11 is 1.60. The highest BCUT2D eigenvalue weighted by Crippen LogP contribution is 2.31. The summed E-state index contributed by atoms with van der Waals surface area (Å²) in [5, 5.41) is 3.12. The van der Waals surface area contributed by atoms with Crippen LogP contribution in [0.5, 0.6) is 5.19 Å². The van der Waals surface area contributed by atoms with E-state index >= 15 is 0 Å². The van der Waals surface area contributed by atoms with Crippen molar-refractivity contribution in [2.24, 2.45) is 0 Å². The highest BCUT2D eigenvalue weighted by Gasteiger charge is 2.25. The van der Waals surface area contributed by atoms with Gasteiger partial charge in [-0.1, -0.05) is 65.9 Å². The molecule has 30 heavy (non-hydrogen) atoms. The first-order valence-electron chi connectivity index (χ1n) is 10.4. The van der Waals surface area contributed by atoms with E-state index in [4.69, 9.17) is 4.74 Å². The van der Waals surface area contributed by atoms with E-state index in [2.05, 4.69) is 60.4 Å². The molecule has 2 heterocycles. The molecular formula is C25H24N2O2S. The predicted octanol–water partition coefficient (Wildman–Crippen LogP) is 5.37. The molecular weight excluding hydrogens is 392 g/mol. The number of carbonyl (C=O) groups is 1. The summed E-state index contributed by atoms with van der Waals surface area (Å²) in [6.45, 7) is 3.55. The number of aryl methyl sites for hydroxylation is 1. The molecule has 0 radical (unpaired) electrons. The smallest absolute Gasteiger partial charge is 0.274 e. The molecule has 1 aliphatic heterocycles. The Kier molecular flexibility index (Phi) is 5.13. The lowest BCUT2D eigenvalue weighted by molar-refractivity contribution is -0.132. The molecule has 1 fully saturated rings. The summed E-state index contributed by atoms with van der Waals surface area (Å²) in [5.74, 6) is 0.194. The van der Waals surface area contributed by atoms with E-state index in [9.17, 15) is 4.79 Å². The number of hydrogen-bond donors (Lipinski definition) is 0. The fourth-order valence-corrected chi connectivity index (χ4v) is 5.08. The second-order valence-corrected chi connectivity index (χ2v) is 8.95. The first-order chi connectivity index (χ1) is 14.7. The first kappa shape index (κ1) is 19.1. The zero-order valence-corrected chi connectivity index (χ0v) is 17.8. The zero-order chi connectivity index (χ0) is 20.5. The number of carbonyl (C=O) groups excluding carboxylic acids is 1. The van der Waals surface area contributed by atoms with Gasteiger partial charge in [0.25, 0.3) is 5.19 Å². The summed E-state index contributed by atoms with van der Waals surface area (Å²) in [7, 11) is 0. The van der Waals surface area contributed by atoms with Crippen LogP contribution in [0.15, 0.2) is 60.7 Å².